The largest absolute Gasteiger partial charge is 0.509 e. The van der Waals surface area contributed by atoms with Gasteiger partial charge in [-0.05, 0) is 33.0 Å². The molecule has 0 radical (unpaired) electrons. The first-order valence-electron chi connectivity index (χ1n) is 4.73. The van der Waals surface area contributed by atoms with E-state index in [-0.39, 0.29) is 11.1 Å². The maximum atomic E-state index is 9.09. The van der Waals surface area contributed by atoms with Crippen LogP contribution in [0.2, 0.25) is 6.04 Å². The highest BCUT2D eigenvalue weighted by Crippen LogP contribution is 2.16. The Morgan fingerprint density at radius 3 is 1.64 bits per heavy atom. The van der Waals surface area contributed by atoms with Gasteiger partial charge in [0.25, 0.3) is 0 Å². The molecule has 0 aliphatic rings. The van der Waals surface area contributed by atoms with Gasteiger partial charge in [-0.15, -0.1) is 0 Å². The quantitative estimate of drug-likeness (QED) is 0.517. The number of hydrogen-bond donors (Lipinski definition) is 1. The topological polar surface area (TPSA) is 47.9 Å². The van der Waals surface area contributed by atoms with Crippen molar-refractivity contribution in [3.05, 3.63) is 0 Å². The Morgan fingerprint density at radius 1 is 1.07 bits per heavy atom. The minimum absolute atomic E-state index is 0.119. The standard InChI is InChI=1S/C8H18O4SSi/c1-4-10-14(11-5-2,12-6-3)7-8(9)13/h4-7H2,1-3H3,(H,9,13). The van der Waals surface area contributed by atoms with Crippen LogP contribution in [0.3, 0.4) is 0 Å². The molecular formula is C8H18O4SSi. The summed E-state index contributed by atoms with van der Waals surface area (Å²) in [5.41, 5.74) is 0. The van der Waals surface area contributed by atoms with Gasteiger partial charge < -0.3 is 18.4 Å². The summed E-state index contributed by atoms with van der Waals surface area (Å²) in [7, 11) is -2.75. The summed E-state index contributed by atoms with van der Waals surface area (Å²) in [6.07, 6.45) is 0. The van der Waals surface area contributed by atoms with E-state index in [1.807, 2.05) is 20.8 Å². The lowest BCUT2D eigenvalue weighted by Crippen LogP contribution is -2.47. The summed E-state index contributed by atoms with van der Waals surface area (Å²) in [6, 6.07) is 0.192. The fourth-order valence-electron chi connectivity index (χ4n) is 1.12. The fourth-order valence-corrected chi connectivity index (χ4v) is 3.90. The minimum Gasteiger partial charge on any atom is -0.502 e. The lowest BCUT2D eigenvalue weighted by molar-refractivity contribution is 0.0747. The van der Waals surface area contributed by atoms with Crippen LogP contribution < -0.4 is 0 Å². The molecule has 0 bridgehead atoms. The monoisotopic (exact) mass is 238 g/mol. The van der Waals surface area contributed by atoms with Crippen molar-refractivity contribution in [2.24, 2.45) is 0 Å². The molecule has 0 aromatic carbocycles. The molecule has 0 saturated carbocycles. The van der Waals surface area contributed by atoms with E-state index >= 15 is 0 Å². The van der Waals surface area contributed by atoms with Gasteiger partial charge in [0.05, 0.1) is 6.04 Å². The van der Waals surface area contributed by atoms with Crippen LogP contribution >= 0.6 is 12.2 Å². The second-order valence-corrected chi connectivity index (χ2v) is 5.61. The summed E-state index contributed by atoms with van der Waals surface area (Å²) in [6.45, 7) is 7.07. The van der Waals surface area contributed by atoms with Gasteiger partial charge in [-0.3, -0.25) is 0 Å². The van der Waals surface area contributed by atoms with Crippen LogP contribution in [0.5, 0.6) is 0 Å². The molecule has 0 saturated heterocycles. The lowest BCUT2D eigenvalue weighted by atomic mass is 10.9. The smallest absolute Gasteiger partial charge is 0.502 e. The van der Waals surface area contributed by atoms with Gasteiger partial charge >= 0.3 is 8.80 Å². The third-order valence-electron chi connectivity index (χ3n) is 1.46. The molecule has 0 spiro atoms. The van der Waals surface area contributed by atoms with Crippen LogP contribution in [-0.2, 0) is 13.3 Å². The molecule has 14 heavy (non-hydrogen) atoms. The molecule has 1 N–H and O–H groups in total. The molecule has 0 rings (SSSR count). The molecule has 0 aromatic heterocycles. The Kier molecular flexibility index (Phi) is 7.29. The Morgan fingerprint density at radius 2 is 1.43 bits per heavy atom. The maximum absolute atomic E-state index is 9.09. The first-order chi connectivity index (χ1) is 6.60. The van der Waals surface area contributed by atoms with Crippen molar-refractivity contribution >= 4 is 26.1 Å². The van der Waals surface area contributed by atoms with Gasteiger partial charge in [-0.25, -0.2) is 0 Å². The van der Waals surface area contributed by atoms with Gasteiger partial charge in [0.1, 0.15) is 0 Å². The lowest BCUT2D eigenvalue weighted by Gasteiger charge is -2.27. The van der Waals surface area contributed by atoms with Gasteiger partial charge in [-0.1, -0.05) is 0 Å². The zero-order chi connectivity index (χ0) is 11.0. The highest BCUT2D eigenvalue weighted by atomic mass is 32.1. The van der Waals surface area contributed by atoms with Crippen molar-refractivity contribution in [1.29, 1.82) is 0 Å². The molecule has 0 unspecified atom stereocenters. The predicted octanol–water partition coefficient (Wildman–Crippen LogP) is 1.92. The molecule has 0 atom stereocenters. The van der Waals surface area contributed by atoms with E-state index in [1.165, 1.54) is 0 Å². The van der Waals surface area contributed by atoms with Gasteiger partial charge in [0.15, 0.2) is 5.05 Å². The van der Waals surface area contributed by atoms with Gasteiger partial charge in [0.2, 0.25) is 0 Å². The number of thiocarbonyl (C=S) groups is 1. The van der Waals surface area contributed by atoms with E-state index in [1.54, 1.807) is 0 Å². The first kappa shape index (κ1) is 14.0. The third-order valence-corrected chi connectivity index (χ3v) is 4.81. The molecule has 6 heteroatoms. The Bertz CT molecular complexity index is 160. The van der Waals surface area contributed by atoms with Gasteiger partial charge in [-0.2, -0.15) is 0 Å². The van der Waals surface area contributed by atoms with E-state index in [4.69, 9.17) is 18.4 Å². The minimum atomic E-state index is -2.75. The zero-order valence-electron chi connectivity index (χ0n) is 8.91. The first-order valence-corrected chi connectivity index (χ1v) is 7.07. The van der Waals surface area contributed by atoms with E-state index in [0.29, 0.717) is 19.8 Å². The average molecular weight is 238 g/mol. The van der Waals surface area contributed by atoms with E-state index in [0.717, 1.165) is 0 Å². The normalized spacial score (nSPS) is 11.6. The van der Waals surface area contributed by atoms with Crippen molar-refractivity contribution in [1.82, 2.24) is 0 Å². The second kappa shape index (κ2) is 7.30. The fraction of sp³-hybridized carbons (Fsp3) is 0.875. The molecule has 0 aromatic rings. The van der Waals surface area contributed by atoms with E-state index < -0.39 is 8.80 Å². The summed E-state index contributed by atoms with van der Waals surface area (Å²) in [5, 5.41) is 8.98. The van der Waals surface area contributed by atoms with Crippen LogP contribution in [0.1, 0.15) is 20.8 Å². The molecule has 4 nitrogen and oxygen atoms in total. The van der Waals surface area contributed by atoms with Crippen molar-refractivity contribution < 1.29 is 18.4 Å². The molecule has 0 aliphatic heterocycles. The predicted molar refractivity (Wildman–Crippen MR) is 60.7 cm³/mol. The van der Waals surface area contributed by atoms with E-state index in [2.05, 4.69) is 12.2 Å². The second-order valence-electron chi connectivity index (χ2n) is 2.55. The van der Waals surface area contributed by atoms with Crippen LogP contribution in [0.15, 0.2) is 0 Å². The van der Waals surface area contributed by atoms with Crippen molar-refractivity contribution in [3.8, 4) is 0 Å². The summed E-state index contributed by atoms with van der Waals surface area (Å²) in [5.74, 6) is 0. The average Bonchev–Trinajstić information content (AvgIpc) is 2.03. The summed E-state index contributed by atoms with van der Waals surface area (Å²) in [4.78, 5) is 0. The highest BCUT2D eigenvalue weighted by Gasteiger charge is 2.41. The zero-order valence-corrected chi connectivity index (χ0v) is 10.7. The van der Waals surface area contributed by atoms with Crippen LogP contribution in [0, 0.1) is 0 Å². The molecule has 84 valence electrons. The maximum Gasteiger partial charge on any atom is 0.509 e. The molecular weight excluding hydrogens is 220 g/mol. The molecule has 0 amide bonds. The van der Waals surface area contributed by atoms with Gasteiger partial charge in [0, 0.05) is 19.8 Å². The molecule has 0 aliphatic carbocycles. The van der Waals surface area contributed by atoms with E-state index in [9.17, 15) is 0 Å². The number of rotatable bonds is 8. The third kappa shape index (κ3) is 5.01. The number of aliphatic hydroxyl groups excluding tert-OH is 1. The summed E-state index contributed by atoms with van der Waals surface area (Å²) < 4.78 is 16.4. The van der Waals surface area contributed by atoms with Crippen LogP contribution in [0.25, 0.3) is 0 Å². The molecule has 0 fully saturated rings. The number of aliphatic hydroxyl groups is 1. The highest BCUT2D eigenvalue weighted by molar-refractivity contribution is 7.80. The molecule has 0 heterocycles. The Hall–Kier alpha value is -0.0131. The van der Waals surface area contributed by atoms with Crippen molar-refractivity contribution in [3.63, 3.8) is 0 Å². The van der Waals surface area contributed by atoms with Crippen LogP contribution in [0.4, 0.5) is 0 Å². The van der Waals surface area contributed by atoms with Crippen molar-refractivity contribution in [2.45, 2.75) is 26.8 Å². The Balaban J connectivity index is 4.45. The van der Waals surface area contributed by atoms with Crippen LogP contribution in [-0.4, -0.2) is 38.8 Å². The van der Waals surface area contributed by atoms with Crippen molar-refractivity contribution in [2.75, 3.05) is 19.8 Å². The number of hydrogen-bond acceptors (Lipinski definition) is 4. The SMILES string of the molecule is CCO[Si](CC(O)=S)(OCC)OCC. The Labute approximate surface area is 91.5 Å². The summed E-state index contributed by atoms with van der Waals surface area (Å²) >= 11 is 4.64.